The molecule has 6 heteroatoms. The van der Waals surface area contributed by atoms with E-state index in [9.17, 15) is 0 Å². The van der Waals surface area contributed by atoms with Gasteiger partial charge in [0.05, 0.1) is 18.2 Å². The number of ether oxygens (including phenoxy) is 1. The Bertz CT molecular complexity index is 653. The van der Waals surface area contributed by atoms with Gasteiger partial charge in [-0.05, 0) is 37.1 Å². The van der Waals surface area contributed by atoms with Crippen LogP contribution < -0.4 is 5.32 Å². The molecular weight excluding hydrogens is 302 g/mol. The van der Waals surface area contributed by atoms with Crippen molar-refractivity contribution in [2.45, 2.75) is 37.5 Å². The van der Waals surface area contributed by atoms with Gasteiger partial charge in [-0.15, -0.1) is 0 Å². The molecule has 24 heavy (non-hydrogen) atoms. The predicted octanol–water partition coefficient (Wildman–Crippen LogP) is 2.11. The lowest BCUT2D eigenvalue weighted by atomic mass is 9.88. The molecule has 0 amide bonds. The molecule has 2 aromatic heterocycles. The molecule has 4 heterocycles. The fourth-order valence-electron chi connectivity index (χ4n) is 3.85. The molecule has 0 aliphatic carbocycles. The first-order valence-electron chi connectivity index (χ1n) is 8.60. The summed E-state index contributed by atoms with van der Waals surface area (Å²) in [6.07, 6.45) is 10.6. The van der Waals surface area contributed by atoms with Crippen molar-refractivity contribution in [3.05, 3.63) is 48.5 Å². The zero-order valence-electron chi connectivity index (χ0n) is 13.8. The number of piperidine rings is 1. The first-order valence-corrected chi connectivity index (χ1v) is 8.60. The third-order valence-electron chi connectivity index (χ3n) is 4.86. The highest BCUT2D eigenvalue weighted by molar-refractivity contribution is 5.25. The molecule has 2 aliphatic heterocycles. The lowest BCUT2D eigenvalue weighted by Gasteiger charge is -2.39. The van der Waals surface area contributed by atoms with Crippen LogP contribution in [0, 0.1) is 0 Å². The lowest BCUT2D eigenvalue weighted by molar-refractivity contribution is -0.0533. The van der Waals surface area contributed by atoms with Crippen LogP contribution in [0.25, 0.3) is 0 Å². The van der Waals surface area contributed by atoms with Gasteiger partial charge >= 0.3 is 0 Å². The Hall–Kier alpha value is -2.05. The zero-order valence-corrected chi connectivity index (χ0v) is 13.8. The molecule has 2 fully saturated rings. The molecule has 2 aliphatic rings. The van der Waals surface area contributed by atoms with Crippen molar-refractivity contribution < 1.29 is 4.74 Å². The molecule has 2 saturated heterocycles. The minimum atomic E-state index is -0.0348. The van der Waals surface area contributed by atoms with Gasteiger partial charge < -0.3 is 10.1 Å². The van der Waals surface area contributed by atoms with Gasteiger partial charge in [0.15, 0.2) is 0 Å². The summed E-state index contributed by atoms with van der Waals surface area (Å²) >= 11 is 0. The van der Waals surface area contributed by atoms with Gasteiger partial charge in [0.2, 0.25) is 5.95 Å². The van der Waals surface area contributed by atoms with Crippen LogP contribution in [0.15, 0.2) is 43.0 Å². The number of nitrogens with zero attached hydrogens (tertiary/aromatic N) is 4. The number of rotatable bonds is 4. The number of hydrogen-bond donors (Lipinski definition) is 1. The fourth-order valence-corrected chi connectivity index (χ4v) is 3.85. The van der Waals surface area contributed by atoms with E-state index in [4.69, 9.17) is 4.74 Å². The zero-order chi connectivity index (χ0) is 16.2. The van der Waals surface area contributed by atoms with E-state index >= 15 is 0 Å². The van der Waals surface area contributed by atoms with Crippen LogP contribution in [-0.2, 0) is 11.3 Å². The topological polar surface area (TPSA) is 63.2 Å². The Morgan fingerprint density at radius 2 is 2.17 bits per heavy atom. The smallest absolute Gasteiger partial charge is 0.222 e. The second kappa shape index (κ2) is 6.83. The van der Waals surface area contributed by atoms with E-state index in [0.717, 1.165) is 39.1 Å². The summed E-state index contributed by atoms with van der Waals surface area (Å²) in [5, 5.41) is 3.40. The molecule has 0 radical (unpaired) electrons. The molecule has 1 N–H and O–H groups in total. The van der Waals surface area contributed by atoms with Crippen molar-refractivity contribution >= 4 is 5.95 Å². The molecule has 2 aromatic rings. The second-order valence-electron chi connectivity index (χ2n) is 6.79. The summed E-state index contributed by atoms with van der Waals surface area (Å²) in [5.74, 6) is 0.686. The van der Waals surface area contributed by atoms with E-state index in [-0.39, 0.29) is 11.6 Å². The molecule has 0 saturated carbocycles. The number of aromatic nitrogens is 3. The van der Waals surface area contributed by atoms with Crippen molar-refractivity contribution in [1.82, 2.24) is 19.9 Å². The summed E-state index contributed by atoms with van der Waals surface area (Å²) in [6.45, 7) is 3.77. The van der Waals surface area contributed by atoms with E-state index in [1.165, 1.54) is 12.0 Å². The van der Waals surface area contributed by atoms with Crippen molar-refractivity contribution in [2.24, 2.45) is 0 Å². The summed E-state index contributed by atoms with van der Waals surface area (Å²) in [7, 11) is 0. The standard InChI is InChI=1S/C18H23N5O/c1-4-15(11-19-6-1)12-23-9-2-5-18(14-23)10-16(13-24-18)22-17-20-7-3-8-21-17/h1,3-4,6-8,11,16H,2,5,9-10,12-14H2,(H,20,21,22)/t16-,18+/m1/s1. The van der Waals surface area contributed by atoms with Gasteiger partial charge in [-0.25, -0.2) is 9.97 Å². The van der Waals surface area contributed by atoms with Crippen LogP contribution in [0.4, 0.5) is 5.95 Å². The van der Waals surface area contributed by atoms with Gasteiger partial charge in [-0.1, -0.05) is 6.07 Å². The molecule has 4 rings (SSSR count). The maximum Gasteiger partial charge on any atom is 0.222 e. The van der Waals surface area contributed by atoms with E-state index in [1.54, 1.807) is 12.4 Å². The quantitative estimate of drug-likeness (QED) is 0.929. The fraction of sp³-hybridized carbons (Fsp3) is 0.500. The average molecular weight is 325 g/mol. The van der Waals surface area contributed by atoms with E-state index in [0.29, 0.717) is 5.95 Å². The molecule has 0 bridgehead atoms. The normalized spacial score (nSPS) is 27.4. The van der Waals surface area contributed by atoms with E-state index in [2.05, 4.69) is 31.2 Å². The lowest BCUT2D eigenvalue weighted by Crippen LogP contribution is -2.47. The summed E-state index contributed by atoms with van der Waals surface area (Å²) in [5.41, 5.74) is 1.23. The summed E-state index contributed by atoms with van der Waals surface area (Å²) in [6, 6.07) is 6.25. The van der Waals surface area contributed by atoms with Crippen molar-refractivity contribution in [2.75, 3.05) is 25.0 Å². The molecule has 0 unspecified atom stereocenters. The number of pyridine rings is 1. The van der Waals surface area contributed by atoms with Gasteiger partial charge in [0, 0.05) is 44.3 Å². The third kappa shape index (κ3) is 3.55. The van der Waals surface area contributed by atoms with Crippen LogP contribution in [0.1, 0.15) is 24.8 Å². The minimum absolute atomic E-state index is 0.0348. The highest BCUT2D eigenvalue weighted by atomic mass is 16.5. The number of nitrogens with one attached hydrogen (secondary N) is 1. The highest BCUT2D eigenvalue weighted by Gasteiger charge is 2.43. The highest BCUT2D eigenvalue weighted by Crippen LogP contribution is 2.35. The Kier molecular flexibility index (Phi) is 4.40. The maximum atomic E-state index is 6.26. The van der Waals surface area contributed by atoms with Crippen molar-refractivity contribution in [3.8, 4) is 0 Å². The Labute approximate surface area is 142 Å². The SMILES string of the molecule is c1cnc(N[C@H]2CO[C@@]3(CCCN(Cc4cccnc4)C3)C2)nc1. The first kappa shape index (κ1) is 15.5. The van der Waals surface area contributed by atoms with Crippen LogP contribution in [0.3, 0.4) is 0 Å². The van der Waals surface area contributed by atoms with E-state index < -0.39 is 0 Å². The van der Waals surface area contributed by atoms with E-state index in [1.807, 2.05) is 24.5 Å². The van der Waals surface area contributed by atoms with Crippen LogP contribution >= 0.6 is 0 Å². The van der Waals surface area contributed by atoms with Gasteiger partial charge in [0.1, 0.15) is 0 Å². The van der Waals surface area contributed by atoms with Gasteiger partial charge in [0.25, 0.3) is 0 Å². The Morgan fingerprint density at radius 3 is 3.00 bits per heavy atom. The second-order valence-corrected chi connectivity index (χ2v) is 6.79. The Morgan fingerprint density at radius 1 is 1.25 bits per heavy atom. The maximum absolute atomic E-state index is 6.26. The van der Waals surface area contributed by atoms with Gasteiger partial charge in [-0.3, -0.25) is 9.88 Å². The number of likely N-dealkylation sites (tertiary alicyclic amines) is 1. The van der Waals surface area contributed by atoms with Crippen LogP contribution in [0.5, 0.6) is 0 Å². The van der Waals surface area contributed by atoms with Crippen LogP contribution in [0.2, 0.25) is 0 Å². The number of anilines is 1. The molecular formula is C18H23N5O. The first-order chi connectivity index (χ1) is 11.8. The summed E-state index contributed by atoms with van der Waals surface area (Å²) in [4.78, 5) is 15.2. The van der Waals surface area contributed by atoms with Crippen LogP contribution in [-0.4, -0.2) is 51.2 Å². The molecule has 6 nitrogen and oxygen atoms in total. The van der Waals surface area contributed by atoms with Crippen molar-refractivity contribution in [3.63, 3.8) is 0 Å². The average Bonchev–Trinajstić information content (AvgIpc) is 2.98. The summed E-state index contributed by atoms with van der Waals surface area (Å²) < 4.78 is 6.26. The Balaban J connectivity index is 1.37. The van der Waals surface area contributed by atoms with Gasteiger partial charge in [-0.2, -0.15) is 0 Å². The molecule has 1 spiro atoms. The largest absolute Gasteiger partial charge is 0.371 e. The monoisotopic (exact) mass is 325 g/mol. The minimum Gasteiger partial charge on any atom is -0.371 e. The third-order valence-corrected chi connectivity index (χ3v) is 4.86. The molecule has 126 valence electrons. The number of hydrogen-bond acceptors (Lipinski definition) is 6. The molecule has 2 atom stereocenters. The molecule has 0 aromatic carbocycles. The predicted molar refractivity (Wildman–Crippen MR) is 91.5 cm³/mol. The van der Waals surface area contributed by atoms with Crippen molar-refractivity contribution in [1.29, 1.82) is 0 Å².